The van der Waals surface area contributed by atoms with Crippen molar-refractivity contribution in [2.75, 3.05) is 31.1 Å². The van der Waals surface area contributed by atoms with E-state index in [1.54, 1.807) is 6.20 Å². The molecule has 0 N–H and O–H groups in total. The number of anilines is 1. The largest absolute Gasteiger partial charge is 0.356 e. The lowest BCUT2D eigenvalue weighted by Crippen LogP contribution is -2.41. The number of carbonyl (C=O) groups is 2. The van der Waals surface area contributed by atoms with Gasteiger partial charge in [0, 0.05) is 43.9 Å². The van der Waals surface area contributed by atoms with E-state index in [1.165, 1.54) is 0 Å². The molecule has 0 unspecified atom stereocenters. The Kier molecular flexibility index (Phi) is 5.19. The van der Waals surface area contributed by atoms with Gasteiger partial charge >= 0.3 is 0 Å². The van der Waals surface area contributed by atoms with Crippen molar-refractivity contribution < 1.29 is 9.59 Å². The van der Waals surface area contributed by atoms with Crippen LogP contribution in [0.4, 0.5) is 5.82 Å². The molecule has 0 bridgehead atoms. The normalized spacial score (nSPS) is 17.9. The predicted molar refractivity (Wildman–Crippen MR) is 105 cm³/mol. The van der Waals surface area contributed by atoms with Gasteiger partial charge in [-0.25, -0.2) is 4.98 Å². The van der Waals surface area contributed by atoms with E-state index in [4.69, 9.17) is 0 Å². The molecule has 5 nitrogen and oxygen atoms in total. The summed E-state index contributed by atoms with van der Waals surface area (Å²) in [5.74, 6) is 1.04. The molecular weight excluding hydrogens is 338 g/mol. The van der Waals surface area contributed by atoms with Gasteiger partial charge in [0.15, 0.2) is 5.78 Å². The SMILES string of the molecule is O=C(c1ccccc1)C1CCN(C(=O)c2cccnc2N2CCCC2)CC1. The third kappa shape index (κ3) is 3.72. The van der Waals surface area contributed by atoms with Crippen LogP contribution >= 0.6 is 0 Å². The number of nitrogens with zero attached hydrogens (tertiary/aromatic N) is 3. The number of aromatic nitrogens is 1. The molecule has 4 rings (SSSR count). The van der Waals surface area contributed by atoms with Crippen LogP contribution in [0.1, 0.15) is 46.4 Å². The third-order valence-corrected chi connectivity index (χ3v) is 5.63. The van der Waals surface area contributed by atoms with Crippen molar-refractivity contribution in [1.29, 1.82) is 0 Å². The van der Waals surface area contributed by atoms with Crippen molar-refractivity contribution in [2.24, 2.45) is 5.92 Å². The highest BCUT2D eigenvalue weighted by molar-refractivity contribution is 6.00. The van der Waals surface area contributed by atoms with Gasteiger partial charge in [0.25, 0.3) is 5.91 Å². The second-order valence-electron chi connectivity index (χ2n) is 7.37. The highest BCUT2D eigenvalue weighted by Gasteiger charge is 2.30. The molecule has 1 aromatic carbocycles. The first-order chi connectivity index (χ1) is 13.2. The first-order valence-corrected chi connectivity index (χ1v) is 9.82. The Morgan fingerprint density at radius 3 is 2.30 bits per heavy atom. The Labute approximate surface area is 160 Å². The summed E-state index contributed by atoms with van der Waals surface area (Å²) < 4.78 is 0. The number of benzene rings is 1. The van der Waals surface area contributed by atoms with E-state index >= 15 is 0 Å². The quantitative estimate of drug-likeness (QED) is 0.781. The Balaban J connectivity index is 1.43. The zero-order valence-electron chi connectivity index (χ0n) is 15.5. The Morgan fingerprint density at radius 2 is 1.59 bits per heavy atom. The van der Waals surface area contributed by atoms with Crippen LogP contribution < -0.4 is 4.90 Å². The van der Waals surface area contributed by atoms with Crippen molar-refractivity contribution in [2.45, 2.75) is 25.7 Å². The molecule has 2 fully saturated rings. The number of pyridine rings is 1. The predicted octanol–water partition coefficient (Wildman–Crippen LogP) is 3.42. The molecule has 1 amide bonds. The Hall–Kier alpha value is -2.69. The number of rotatable bonds is 4. The summed E-state index contributed by atoms with van der Waals surface area (Å²) in [4.78, 5) is 34.3. The van der Waals surface area contributed by atoms with E-state index in [2.05, 4.69) is 9.88 Å². The maximum atomic E-state index is 13.1. The highest BCUT2D eigenvalue weighted by Crippen LogP contribution is 2.26. The molecule has 0 aliphatic carbocycles. The molecular formula is C22H25N3O2. The van der Waals surface area contributed by atoms with Crippen LogP contribution in [-0.2, 0) is 0 Å². The topological polar surface area (TPSA) is 53.5 Å². The number of likely N-dealkylation sites (tertiary alicyclic amines) is 1. The smallest absolute Gasteiger partial charge is 0.257 e. The van der Waals surface area contributed by atoms with Gasteiger partial charge in [-0.15, -0.1) is 0 Å². The molecule has 2 saturated heterocycles. The zero-order chi connectivity index (χ0) is 18.6. The van der Waals surface area contributed by atoms with Crippen LogP contribution in [-0.4, -0.2) is 47.8 Å². The highest BCUT2D eigenvalue weighted by atomic mass is 16.2. The summed E-state index contributed by atoms with van der Waals surface area (Å²) in [7, 11) is 0. The summed E-state index contributed by atoms with van der Waals surface area (Å²) in [5, 5.41) is 0. The molecule has 3 heterocycles. The maximum absolute atomic E-state index is 13.1. The fraction of sp³-hybridized carbons (Fsp3) is 0.409. The van der Waals surface area contributed by atoms with E-state index in [9.17, 15) is 9.59 Å². The number of hydrogen-bond acceptors (Lipinski definition) is 4. The minimum absolute atomic E-state index is 0.00315. The fourth-order valence-electron chi connectivity index (χ4n) is 4.10. The van der Waals surface area contributed by atoms with E-state index in [1.807, 2.05) is 47.4 Å². The van der Waals surface area contributed by atoms with E-state index < -0.39 is 0 Å². The molecule has 5 heteroatoms. The average molecular weight is 363 g/mol. The van der Waals surface area contributed by atoms with Gasteiger partial charge in [0.1, 0.15) is 5.82 Å². The molecule has 2 aliphatic heterocycles. The molecule has 0 spiro atoms. The number of carbonyl (C=O) groups excluding carboxylic acids is 2. The number of hydrogen-bond donors (Lipinski definition) is 0. The summed E-state index contributed by atoms with van der Waals surface area (Å²) in [6.07, 6.45) is 5.50. The lowest BCUT2D eigenvalue weighted by atomic mass is 9.88. The summed E-state index contributed by atoms with van der Waals surface area (Å²) >= 11 is 0. The third-order valence-electron chi connectivity index (χ3n) is 5.63. The summed E-state index contributed by atoms with van der Waals surface area (Å²) in [5.41, 5.74) is 1.46. The molecule has 0 atom stereocenters. The van der Waals surface area contributed by atoms with E-state index in [0.717, 1.165) is 50.2 Å². The average Bonchev–Trinajstić information content (AvgIpc) is 3.28. The second-order valence-corrected chi connectivity index (χ2v) is 7.37. The van der Waals surface area contributed by atoms with Crippen molar-refractivity contribution in [3.8, 4) is 0 Å². The molecule has 0 saturated carbocycles. The van der Waals surface area contributed by atoms with Crippen molar-refractivity contribution >= 4 is 17.5 Å². The molecule has 1 aromatic heterocycles. The second kappa shape index (κ2) is 7.91. The molecule has 27 heavy (non-hydrogen) atoms. The lowest BCUT2D eigenvalue weighted by Gasteiger charge is -2.32. The van der Waals surface area contributed by atoms with Gasteiger partial charge in [0.05, 0.1) is 5.56 Å². The number of amides is 1. The Morgan fingerprint density at radius 1 is 0.889 bits per heavy atom. The van der Waals surface area contributed by atoms with E-state index in [0.29, 0.717) is 18.7 Å². The minimum atomic E-state index is 0.00315. The van der Waals surface area contributed by atoms with Crippen molar-refractivity contribution in [3.05, 3.63) is 59.8 Å². The van der Waals surface area contributed by atoms with Crippen LogP contribution in [0.15, 0.2) is 48.7 Å². The number of ketones is 1. The molecule has 140 valence electrons. The Bertz CT molecular complexity index is 807. The first kappa shape index (κ1) is 17.7. The van der Waals surface area contributed by atoms with Gasteiger partial charge in [0.2, 0.25) is 0 Å². The zero-order valence-corrected chi connectivity index (χ0v) is 15.5. The summed E-state index contributed by atoms with van der Waals surface area (Å²) in [6.45, 7) is 3.17. The van der Waals surface area contributed by atoms with Gasteiger partial charge in [-0.3, -0.25) is 9.59 Å². The molecule has 2 aromatic rings. The van der Waals surface area contributed by atoms with Gasteiger partial charge in [-0.05, 0) is 37.8 Å². The standard InChI is InChI=1S/C22H25N3O2/c26-20(17-7-2-1-3-8-17)18-10-15-25(16-11-18)22(27)19-9-6-12-23-21(19)24-13-4-5-14-24/h1-3,6-9,12,18H,4-5,10-11,13-16H2. The van der Waals surface area contributed by atoms with Crippen LogP contribution in [0, 0.1) is 5.92 Å². The monoisotopic (exact) mass is 363 g/mol. The van der Waals surface area contributed by atoms with Gasteiger partial charge < -0.3 is 9.80 Å². The van der Waals surface area contributed by atoms with Crippen LogP contribution in [0.3, 0.4) is 0 Å². The lowest BCUT2D eigenvalue weighted by molar-refractivity contribution is 0.0650. The molecule has 0 radical (unpaired) electrons. The van der Waals surface area contributed by atoms with Crippen LogP contribution in [0.2, 0.25) is 0 Å². The molecule has 2 aliphatic rings. The number of Topliss-reactive ketones (excluding diaryl/α,β-unsaturated/α-hetero) is 1. The van der Waals surface area contributed by atoms with Crippen molar-refractivity contribution in [3.63, 3.8) is 0 Å². The maximum Gasteiger partial charge on any atom is 0.257 e. The fourth-order valence-corrected chi connectivity index (χ4v) is 4.10. The summed E-state index contributed by atoms with van der Waals surface area (Å²) in [6, 6.07) is 13.2. The van der Waals surface area contributed by atoms with E-state index in [-0.39, 0.29) is 17.6 Å². The minimum Gasteiger partial charge on any atom is -0.356 e. The van der Waals surface area contributed by atoms with Crippen LogP contribution in [0.25, 0.3) is 0 Å². The van der Waals surface area contributed by atoms with Crippen molar-refractivity contribution in [1.82, 2.24) is 9.88 Å². The number of piperidine rings is 1. The van der Waals surface area contributed by atoms with Gasteiger partial charge in [-0.1, -0.05) is 30.3 Å². The van der Waals surface area contributed by atoms with Gasteiger partial charge in [-0.2, -0.15) is 0 Å². The first-order valence-electron chi connectivity index (χ1n) is 9.82. The van der Waals surface area contributed by atoms with Crippen LogP contribution in [0.5, 0.6) is 0 Å².